The quantitative estimate of drug-likeness (QED) is 0.936. The van der Waals surface area contributed by atoms with Crippen LogP contribution in [-0.2, 0) is 0 Å². The number of hydrogen-bond acceptors (Lipinski definition) is 4. The maximum Gasteiger partial charge on any atom is 0.171 e. The average molecular weight is 283 g/mol. The van der Waals surface area contributed by atoms with Gasteiger partial charge in [0.05, 0.1) is 5.69 Å². The molecule has 21 heavy (non-hydrogen) atoms. The van der Waals surface area contributed by atoms with Crippen molar-refractivity contribution < 1.29 is 0 Å². The highest BCUT2D eigenvalue weighted by Gasteiger charge is 2.20. The third-order valence-corrected chi connectivity index (χ3v) is 3.66. The topological polar surface area (TPSA) is 70.9 Å². The van der Waals surface area contributed by atoms with Crippen LogP contribution in [0.15, 0.2) is 18.2 Å². The van der Waals surface area contributed by atoms with E-state index >= 15 is 0 Å². The van der Waals surface area contributed by atoms with Crippen LogP contribution in [0.25, 0.3) is 5.69 Å². The molecule has 0 aliphatic carbocycles. The highest BCUT2D eigenvalue weighted by Crippen LogP contribution is 2.28. The second kappa shape index (κ2) is 5.88. The second-order valence-corrected chi connectivity index (χ2v) is 5.07. The van der Waals surface area contributed by atoms with E-state index in [-0.39, 0.29) is 0 Å². The molecular weight excluding hydrogens is 262 g/mol. The molecule has 0 radical (unpaired) electrons. The van der Waals surface area contributed by atoms with Crippen molar-refractivity contribution in [3.63, 3.8) is 0 Å². The van der Waals surface area contributed by atoms with Crippen LogP contribution in [0, 0.1) is 25.2 Å². The molecule has 1 aromatic heterocycles. The standard InChI is InChI=1S/C16H21N5/c1-5-20(6-2)16-13(10-17)15(18)21(19-16)14-8-7-11(3)9-12(14)4/h7-9H,5-6,18H2,1-4H3. The van der Waals surface area contributed by atoms with Crippen LogP contribution in [0.2, 0.25) is 0 Å². The van der Waals surface area contributed by atoms with Gasteiger partial charge < -0.3 is 10.6 Å². The molecule has 0 bridgehead atoms. The summed E-state index contributed by atoms with van der Waals surface area (Å²) in [5, 5.41) is 14.0. The smallest absolute Gasteiger partial charge is 0.171 e. The molecule has 0 aliphatic rings. The summed E-state index contributed by atoms with van der Waals surface area (Å²) < 4.78 is 1.67. The highest BCUT2D eigenvalue weighted by molar-refractivity contribution is 5.67. The fourth-order valence-electron chi connectivity index (χ4n) is 2.50. The summed E-state index contributed by atoms with van der Waals surface area (Å²) in [6.07, 6.45) is 0. The van der Waals surface area contributed by atoms with Gasteiger partial charge in [-0.3, -0.25) is 0 Å². The number of aryl methyl sites for hydroxylation is 2. The Kier molecular flexibility index (Phi) is 4.18. The van der Waals surface area contributed by atoms with E-state index < -0.39 is 0 Å². The van der Waals surface area contributed by atoms with Gasteiger partial charge >= 0.3 is 0 Å². The minimum Gasteiger partial charge on any atom is -0.382 e. The van der Waals surface area contributed by atoms with Gasteiger partial charge in [0.15, 0.2) is 5.82 Å². The first kappa shape index (κ1) is 14.9. The predicted molar refractivity (Wildman–Crippen MR) is 85.7 cm³/mol. The zero-order chi connectivity index (χ0) is 15.6. The third-order valence-electron chi connectivity index (χ3n) is 3.66. The van der Waals surface area contributed by atoms with Gasteiger partial charge in [-0.1, -0.05) is 17.7 Å². The van der Waals surface area contributed by atoms with E-state index in [9.17, 15) is 5.26 Å². The summed E-state index contributed by atoms with van der Waals surface area (Å²) in [6, 6.07) is 8.27. The van der Waals surface area contributed by atoms with Crippen LogP contribution >= 0.6 is 0 Å². The minimum absolute atomic E-state index is 0.395. The molecule has 5 heteroatoms. The van der Waals surface area contributed by atoms with Gasteiger partial charge in [-0.25, -0.2) is 4.68 Å². The van der Waals surface area contributed by atoms with Crippen molar-refractivity contribution in [1.29, 1.82) is 5.26 Å². The number of benzene rings is 1. The summed E-state index contributed by atoms with van der Waals surface area (Å²) in [7, 11) is 0. The molecule has 0 fully saturated rings. The number of rotatable bonds is 4. The fraction of sp³-hybridized carbons (Fsp3) is 0.375. The minimum atomic E-state index is 0.395. The molecule has 2 rings (SSSR count). The van der Waals surface area contributed by atoms with Gasteiger partial charge in [-0.2, -0.15) is 5.26 Å². The molecule has 2 aromatic rings. The van der Waals surface area contributed by atoms with Crippen LogP contribution in [0.3, 0.4) is 0 Å². The van der Waals surface area contributed by atoms with Crippen molar-refractivity contribution in [3.8, 4) is 11.8 Å². The lowest BCUT2D eigenvalue weighted by Crippen LogP contribution is -2.23. The van der Waals surface area contributed by atoms with E-state index in [1.807, 2.05) is 44.7 Å². The van der Waals surface area contributed by atoms with Gasteiger partial charge in [-0.05, 0) is 39.3 Å². The van der Waals surface area contributed by atoms with Crippen molar-refractivity contribution in [3.05, 3.63) is 34.9 Å². The van der Waals surface area contributed by atoms with Gasteiger partial charge in [-0.15, -0.1) is 5.10 Å². The Morgan fingerprint density at radius 2 is 1.95 bits per heavy atom. The van der Waals surface area contributed by atoms with Crippen LogP contribution < -0.4 is 10.6 Å². The lowest BCUT2D eigenvalue weighted by molar-refractivity contribution is 0.806. The van der Waals surface area contributed by atoms with E-state index in [4.69, 9.17) is 5.73 Å². The maximum absolute atomic E-state index is 9.40. The number of anilines is 2. The summed E-state index contributed by atoms with van der Waals surface area (Å²) in [5.41, 5.74) is 9.78. The Balaban J connectivity index is 2.63. The van der Waals surface area contributed by atoms with E-state index in [1.165, 1.54) is 5.56 Å². The first-order valence-electron chi connectivity index (χ1n) is 7.14. The molecule has 0 aliphatic heterocycles. The Morgan fingerprint density at radius 3 is 2.48 bits per heavy atom. The Morgan fingerprint density at radius 1 is 1.29 bits per heavy atom. The molecule has 0 spiro atoms. The Hall–Kier alpha value is -2.48. The number of hydrogen-bond donors (Lipinski definition) is 1. The molecule has 2 N–H and O–H groups in total. The first-order chi connectivity index (χ1) is 10.0. The zero-order valence-electron chi connectivity index (χ0n) is 13.0. The lowest BCUT2D eigenvalue weighted by atomic mass is 10.1. The largest absolute Gasteiger partial charge is 0.382 e. The fourth-order valence-corrected chi connectivity index (χ4v) is 2.50. The van der Waals surface area contributed by atoms with Crippen molar-refractivity contribution >= 4 is 11.6 Å². The molecule has 0 saturated carbocycles. The van der Waals surface area contributed by atoms with Gasteiger partial charge in [0.1, 0.15) is 17.5 Å². The molecule has 1 heterocycles. The molecule has 0 amide bonds. The van der Waals surface area contributed by atoms with E-state index in [0.717, 1.165) is 24.3 Å². The molecule has 5 nitrogen and oxygen atoms in total. The number of nitrogens with zero attached hydrogens (tertiary/aromatic N) is 4. The number of nitrogen functional groups attached to an aromatic ring is 1. The number of nitriles is 1. The molecule has 0 saturated heterocycles. The molecular formula is C16H21N5. The normalized spacial score (nSPS) is 10.4. The highest BCUT2D eigenvalue weighted by atomic mass is 15.4. The Bertz CT molecular complexity index is 689. The van der Waals surface area contributed by atoms with E-state index in [1.54, 1.807) is 4.68 Å². The van der Waals surface area contributed by atoms with E-state index in [0.29, 0.717) is 17.2 Å². The molecule has 0 atom stereocenters. The maximum atomic E-state index is 9.40. The summed E-state index contributed by atoms with van der Waals surface area (Å²) >= 11 is 0. The van der Waals surface area contributed by atoms with Gasteiger partial charge in [0, 0.05) is 13.1 Å². The summed E-state index contributed by atoms with van der Waals surface area (Å²) in [6.45, 7) is 9.72. The van der Waals surface area contributed by atoms with Gasteiger partial charge in [0.25, 0.3) is 0 Å². The molecule has 0 unspecified atom stereocenters. The van der Waals surface area contributed by atoms with Crippen LogP contribution in [0.4, 0.5) is 11.6 Å². The van der Waals surface area contributed by atoms with Crippen molar-refractivity contribution in [2.75, 3.05) is 23.7 Å². The number of aromatic nitrogens is 2. The summed E-state index contributed by atoms with van der Waals surface area (Å²) in [5.74, 6) is 1.05. The number of nitrogens with two attached hydrogens (primary N) is 1. The third kappa shape index (κ3) is 2.57. The van der Waals surface area contributed by atoms with Gasteiger partial charge in [0.2, 0.25) is 0 Å². The van der Waals surface area contributed by atoms with Crippen LogP contribution in [-0.4, -0.2) is 22.9 Å². The first-order valence-corrected chi connectivity index (χ1v) is 7.14. The van der Waals surface area contributed by atoms with E-state index in [2.05, 4.69) is 17.2 Å². The lowest BCUT2D eigenvalue weighted by Gasteiger charge is -2.17. The Labute approximate surface area is 125 Å². The molecule has 110 valence electrons. The monoisotopic (exact) mass is 283 g/mol. The van der Waals surface area contributed by atoms with Crippen molar-refractivity contribution in [2.45, 2.75) is 27.7 Å². The SMILES string of the molecule is CCN(CC)c1nn(-c2ccc(C)cc2C)c(N)c1C#N. The van der Waals surface area contributed by atoms with Crippen LogP contribution in [0.5, 0.6) is 0 Å². The van der Waals surface area contributed by atoms with Crippen molar-refractivity contribution in [1.82, 2.24) is 9.78 Å². The van der Waals surface area contributed by atoms with Crippen LogP contribution in [0.1, 0.15) is 30.5 Å². The predicted octanol–water partition coefficient (Wildman–Crippen LogP) is 2.79. The zero-order valence-corrected chi connectivity index (χ0v) is 13.0. The molecule has 1 aromatic carbocycles. The average Bonchev–Trinajstić information content (AvgIpc) is 2.77. The second-order valence-electron chi connectivity index (χ2n) is 5.07. The summed E-state index contributed by atoms with van der Waals surface area (Å²) in [4.78, 5) is 2.04. The van der Waals surface area contributed by atoms with Crippen molar-refractivity contribution in [2.24, 2.45) is 0 Å².